The zero-order valence-corrected chi connectivity index (χ0v) is 9.64. The number of aromatic amines is 1. The summed E-state index contributed by atoms with van der Waals surface area (Å²) in [7, 11) is 0. The molecule has 84 valence electrons. The van der Waals surface area contributed by atoms with E-state index in [1.807, 2.05) is 6.20 Å². The third-order valence-corrected chi connectivity index (χ3v) is 3.27. The highest BCUT2D eigenvalue weighted by atomic mass is 15.0. The Morgan fingerprint density at radius 1 is 1.53 bits per heavy atom. The molecular formula is C12H21N3. The Morgan fingerprint density at radius 3 is 3.00 bits per heavy atom. The van der Waals surface area contributed by atoms with Crippen LogP contribution in [0.1, 0.15) is 25.8 Å². The topological polar surface area (TPSA) is 39.8 Å². The molecule has 2 heterocycles. The van der Waals surface area contributed by atoms with Crippen molar-refractivity contribution < 1.29 is 0 Å². The summed E-state index contributed by atoms with van der Waals surface area (Å²) < 4.78 is 0. The molecule has 3 nitrogen and oxygen atoms in total. The van der Waals surface area contributed by atoms with Crippen LogP contribution >= 0.6 is 0 Å². The number of H-pyrrole nitrogens is 1. The quantitative estimate of drug-likeness (QED) is 0.695. The number of hydrogen-bond donors (Lipinski definition) is 3. The van der Waals surface area contributed by atoms with Crippen molar-refractivity contribution in [3.8, 4) is 0 Å². The van der Waals surface area contributed by atoms with Crippen molar-refractivity contribution in [2.45, 2.75) is 31.7 Å². The molecule has 0 aromatic carbocycles. The van der Waals surface area contributed by atoms with Gasteiger partial charge in [-0.05, 0) is 24.6 Å². The maximum Gasteiger partial charge on any atom is 0.0204 e. The Morgan fingerprint density at radius 2 is 2.40 bits per heavy atom. The summed E-state index contributed by atoms with van der Waals surface area (Å²) in [6, 6.07) is 2.82. The van der Waals surface area contributed by atoms with Crippen molar-refractivity contribution >= 4 is 0 Å². The molecule has 0 aliphatic carbocycles. The van der Waals surface area contributed by atoms with Crippen molar-refractivity contribution in [2.75, 3.05) is 19.6 Å². The van der Waals surface area contributed by atoms with Crippen molar-refractivity contribution in [3.05, 3.63) is 24.0 Å². The Hall–Kier alpha value is -0.800. The van der Waals surface area contributed by atoms with E-state index >= 15 is 0 Å². The molecule has 1 aliphatic rings. The first-order valence-electron chi connectivity index (χ1n) is 5.76. The minimum Gasteiger partial charge on any atom is -0.367 e. The standard InChI is InChI=1S/C12H21N3/c1-12(2,10-3-5-13-7-10)9-15-11-4-6-14-8-11/h3,5,7,11,13-15H,4,6,8-9H2,1-2H3. The van der Waals surface area contributed by atoms with Crippen molar-refractivity contribution in [1.82, 2.24) is 15.6 Å². The Balaban J connectivity index is 1.87. The van der Waals surface area contributed by atoms with Crippen LogP contribution in [0.25, 0.3) is 0 Å². The first-order valence-corrected chi connectivity index (χ1v) is 5.76. The summed E-state index contributed by atoms with van der Waals surface area (Å²) in [6.07, 6.45) is 5.34. The van der Waals surface area contributed by atoms with Gasteiger partial charge in [0.05, 0.1) is 0 Å². The van der Waals surface area contributed by atoms with Gasteiger partial charge in [0.15, 0.2) is 0 Å². The molecule has 0 amide bonds. The van der Waals surface area contributed by atoms with Gasteiger partial charge in [0.1, 0.15) is 0 Å². The SMILES string of the molecule is CC(C)(CNC1CCNC1)c1cc[nH]c1. The van der Waals surface area contributed by atoms with Crippen LogP contribution in [-0.4, -0.2) is 30.7 Å². The highest BCUT2D eigenvalue weighted by Crippen LogP contribution is 2.21. The summed E-state index contributed by atoms with van der Waals surface area (Å²) in [4.78, 5) is 3.12. The summed E-state index contributed by atoms with van der Waals surface area (Å²) in [5, 5.41) is 7.01. The largest absolute Gasteiger partial charge is 0.367 e. The first kappa shape index (κ1) is 10.7. The van der Waals surface area contributed by atoms with Crippen LogP contribution in [0, 0.1) is 0 Å². The number of hydrogen-bond acceptors (Lipinski definition) is 2. The Bertz CT molecular complexity index is 284. The molecule has 1 aliphatic heterocycles. The average Bonchev–Trinajstić information content (AvgIpc) is 2.88. The molecular weight excluding hydrogens is 186 g/mol. The van der Waals surface area contributed by atoms with Gasteiger partial charge >= 0.3 is 0 Å². The molecule has 3 N–H and O–H groups in total. The van der Waals surface area contributed by atoms with E-state index in [-0.39, 0.29) is 5.41 Å². The average molecular weight is 207 g/mol. The first-order chi connectivity index (χ1) is 7.18. The monoisotopic (exact) mass is 207 g/mol. The predicted molar refractivity (Wildman–Crippen MR) is 63.1 cm³/mol. The van der Waals surface area contributed by atoms with E-state index in [1.54, 1.807) is 0 Å². The molecule has 1 fully saturated rings. The van der Waals surface area contributed by atoms with Gasteiger partial charge in [0, 0.05) is 36.9 Å². The van der Waals surface area contributed by atoms with Gasteiger partial charge in [0.2, 0.25) is 0 Å². The molecule has 1 unspecified atom stereocenters. The maximum atomic E-state index is 3.63. The molecule has 1 atom stereocenters. The van der Waals surface area contributed by atoms with E-state index in [1.165, 1.54) is 12.0 Å². The molecule has 1 saturated heterocycles. The third-order valence-electron chi connectivity index (χ3n) is 3.27. The molecule has 1 aromatic rings. The van der Waals surface area contributed by atoms with Crippen LogP contribution in [0.3, 0.4) is 0 Å². The van der Waals surface area contributed by atoms with Crippen LogP contribution in [-0.2, 0) is 5.41 Å². The molecule has 1 aromatic heterocycles. The van der Waals surface area contributed by atoms with Gasteiger partial charge in [-0.15, -0.1) is 0 Å². The second-order valence-corrected chi connectivity index (χ2v) is 5.05. The van der Waals surface area contributed by atoms with E-state index in [2.05, 4.69) is 41.7 Å². The number of nitrogens with one attached hydrogen (secondary N) is 3. The van der Waals surface area contributed by atoms with Crippen LogP contribution in [0.2, 0.25) is 0 Å². The van der Waals surface area contributed by atoms with E-state index in [4.69, 9.17) is 0 Å². The molecule has 15 heavy (non-hydrogen) atoms. The van der Waals surface area contributed by atoms with Crippen molar-refractivity contribution in [3.63, 3.8) is 0 Å². The van der Waals surface area contributed by atoms with E-state index < -0.39 is 0 Å². The van der Waals surface area contributed by atoms with Gasteiger partial charge in [-0.2, -0.15) is 0 Å². The van der Waals surface area contributed by atoms with Gasteiger partial charge < -0.3 is 15.6 Å². The Labute approximate surface area is 91.7 Å². The van der Waals surface area contributed by atoms with Gasteiger partial charge in [-0.25, -0.2) is 0 Å². The summed E-state index contributed by atoms with van der Waals surface area (Å²) in [5.41, 5.74) is 1.59. The van der Waals surface area contributed by atoms with Crippen LogP contribution < -0.4 is 10.6 Å². The van der Waals surface area contributed by atoms with Gasteiger partial charge in [-0.3, -0.25) is 0 Å². The van der Waals surface area contributed by atoms with Crippen molar-refractivity contribution in [1.29, 1.82) is 0 Å². The fourth-order valence-corrected chi connectivity index (χ4v) is 2.08. The molecule has 2 rings (SSSR count). The fraction of sp³-hybridized carbons (Fsp3) is 0.667. The minimum absolute atomic E-state index is 0.211. The maximum absolute atomic E-state index is 3.63. The van der Waals surface area contributed by atoms with Gasteiger partial charge in [-0.1, -0.05) is 13.8 Å². The lowest BCUT2D eigenvalue weighted by Crippen LogP contribution is -2.40. The van der Waals surface area contributed by atoms with Crippen molar-refractivity contribution in [2.24, 2.45) is 0 Å². The minimum atomic E-state index is 0.211. The predicted octanol–water partition coefficient (Wildman–Crippen LogP) is 1.24. The van der Waals surface area contributed by atoms with E-state index in [0.29, 0.717) is 6.04 Å². The normalized spacial score (nSPS) is 22.1. The van der Waals surface area contributed by atoms with Crippen LogP contribution in [0.4, 0.5) is 0 Å². The highest BCUT2D eigenvalue weighted by Gasteiger charge is 2.23. The van der Waals surface area contributed by atoms with Crippen LogP contribution in [0.5, 0.6) is 0 Å². The summed E-state index contributed by atoms with van der Waals surface area (Å²) in [6.45, 7) is 7.87. The summed E-state index contributed by atoms with van der Waals surface area (Å²) >= 11 is 0. The second-order valence-electron chi connectivity index (χ2n) is 5.05. The fourth-order valence-electron chi connectivity index (χ4n) is 2.08. The molecule has 3 heteroatoms. The zero-order chi connectivity index (χ0) is 10.7. The molecule has 0 saturated carbocycles. The zero-order valence-electron chi connectivity index (χ0n) is 9.64. The van der Waals surface area contributed by atoms with Crippen LogP contribution in [0.15, 0.2) is 18.5 Å². The lowest BCUT2D eigenvalue weighted by molar-refractivity contribution is 0.429. The molecule has 0 spiro atoms. The number of rotatable bonds is 4. The lowest BCUT2D eigenvalue weighted by Gasteiger charge is -2.26. The highest BCUT2D eigenvalue weighted by molar-refractivity contribution is 5.20. The van der Waals surface area contributed by atoms with Gasteiger partial charge in [0.25, 0.3) is 0 Å². The molecule has 0 radical (unpaired) electrons. The second kappa shape index (κ2) is 4.37. The smallest absolute Gasteiger partial charge is 0.0204 e. The summed E-state index contributed by atoms with van der Waals surface area (Å²) in [5.74, 6) is 0. The number of aromatic nitrogens is 1. The van der Waals surface area contributed by atoms with E-state index in [0.717, 1.165) is 19.6 Å². The van der Waals surface area contributed by atoms with E-state index in [9.17, 15) is 0 Å². The lowest BCUT2D eigenvalue weighted by atomic mass is 9.86. The third kappa shape index (κ3) is 2.61. The Kier molecular flexibility index (Phi) is 3.12. The molecule has 0 bridgehead atoms.